The fourth-order valence-electron chi connectivity index (χ4n) is 2.85. The van der Waals surface area contributed by atoms with Crippen LogP contribution in [0.2, 0.25) is 0 Å². The van der Waals surface area contributed by atoms with Crippen LogP contribution in [0.5, 0.6) is 0 Å². The molecule has 0 bridgehead atoms. The number of nitrogens with zero attached hydrogens (tertiary/aromatic N) is 1. The molecule has 7 nitrogen and oxygen atoms in total. The number of hydrogen-bond acceptors (Lipinski definition) is 5. The summed E-state index contributed by atoms with van der Waals surface area (Å²) >= 11 is 0. The molecular formula is C19H21N3O4S. The first-order valence-corrected chi connectivity index (χ1v) is 10.5. The molecule has 1 aromatic heterocycles. The highest BCUT2D eigenvalue weighted by Crippen LogP contribution is 2.12. The molecule has 0 saturated carbocycles. The summed E-state index contributed by atoms with van der Waals surface area (Å²) in [6.45, 7) is 2.35. The van der Waals surface area contributed by atoms with Crippen LogP contribution >= 0.6 is 0 Å². The quantitative estimate of drug-likeness (QED) is 0.803. The van der Waals surface area contributed by atoms with Gasteiger partial charge in [-0.1, -0.05) is 29.8 Å². The van der Waals surface area contributed by atoms with Crippen molar-refractivity contribution in [2.24, 2.45) is 0 Å². The molecule has 2 amide bonds. The van der Waals surface area contributed by atoms with Crippen LogP contribution in [-0.4, -0.2) is 42.8 Å². The molecule has 1 fully saturated rings. The van der Waals surface area contributed by atoms with Gasteiger partial charge in [-0.15, -0.1) is 0 Å². The second kappa shape index (κ2) is 7.87. The zero-order chi connectivity index (χ0) is 19.4. The fourth-order valence-corrected chi connectivity index (χ4v) is 4.53. The van der Waals surface area contributed by atoms with Crippen molar-refractivity contribution in [1.29, 1.82) is 0 Å². The van der Waals surface area contributed by atoms with Gasteiger partial charge in [-0.05, 0) is 31.0 Å². The molecule has 3 rings (SSSR count). The summed E-state index contributed by atoms with van der Waals surface area (Å²) in [6.07, 6.45) is 1.80. The molecule has 1 aliphatic rings. The van der Waals surface area contributed by atoms with E-state index >= 15 is 0 Å². The summed E-state index contributed by atoms with van der Waals surface area (Å²) in [5, 5.41) is 5.47. The van der Waals surface area contributed by atoms with Gasteiger partial charge in [0.05, 0.1) is 11.5 Å². The molecule has 1 aliphatic heterocycles. The van der Waals surface area contributed by atoms with Crippen LogP contribution in [0.15, 0.2) is 42.6 Å². The average molecular weight is 387 g/mol. The van der Waals surface area contributed by atoms with E-state index in [-0.39, 0.29) is 28.7 Å². The van der Waals surface area contributed by atoms with Crippen LogP contribution in [0, 0.1) is 6.92 Å². The molecule has 0 radical (unpaired) electrons. The number of aryl methyl sites for hydroxylation is 1. The third kappa shape index (κ3) is 5.13. The Morgan fingerprint density at radius 2 is 1.89 bits per heavy atom. The van der Waals surface area contributed by atoms with Crippen molar-refractivity contribution in [3.05, 3.63) is 65.0 Å². The van der Waals surface area contributed by atoms with Gasteiger partial charge in [0.25, 0.3) is 11.8 Å². The Bertz CT molecular complexity index is 955. The number of benzene rings is 1. The first kappa shape index (κ1) is 19.0. The molecule has 2 N–H and O–H groups in total. The molecule has 0 aliphatic carbocycles. The van der Waals surface area contributed by atoms with E-state index in [0.29, 0.717) is 13.0 Å². The van der Waals surface area contributed by atoms with Crippen molar-refractivity contribution >= 4 is 21.7 Å². The van der Waals surface area contributed by atoms with E-state index in [1.165, 1.54) is 18.3 Å². The van der Waals surface area contributed by atoms with Crippen LogP contribution in [0.3, 0.4) is 0 Å². The Labute approximate surface area is 158 Å². The van der Waals surface area contributed by atoms with Gasteiger partial charge in [0, 0.05) is 24.3 Å². The third-order valence-corrected chi connectivity index (χ3v) is 6.16. The van der Waals surface area contributed by atoms with Crippen LogP contribution in [0.1, 0.15) is 38.4 Å². The minimum Gasteiger partial charge on any atom is -0.348 e. The van der Waals surface area contributed by atoms with Gasteiger partial charge in [0.1, 0.15) is 5.69 Å². The largest absolute Gasteiger partial charge is 0.348 e. The number of amides is 2. The Balaban J connectivity index is 1.61. The number of sulfone groups is 1. The number of nitrogens with one attached hydrogen (secondary N) is 2. The van der Waals surface area contributed by atoms with Gasteiger partial charge in [0.2, 0.25) is 0 Å². The summed E-state index contributed by atoms with van der Waals surface area (Å²) in [5.74, 6) is -0.755. The molecule has 1 aromatic carbocycles. The normalized spacial score (nSPS) is 18.0. The highest BCUT2D eigenvalue weighted by atomic mass is 32.2. The smallest absolute Gasteiger partial charge is 0.270 e. The molecular weight excluding hydrogens is 366 g/mol. The Morgan fingerprint density at radius 1 is 1.15 bits per heavy atom. The lowest BCUT2D eigenvalue weighted by Crippen LogP contribution is -2.35. The summed E-state index contributed by atoms with van der Waals surface area (Å²) in [4.78, 5) is 28.7. The van der Waals surface area contributed by atoms with Gasteiger partial charge < -0.3 is 10.6 Å². The maximum absolute atomic E-state index is 12.3. The fraction of sp³-hybridized carbons (Fsp3) is 0.316. The van der Waals surface area contributed by atoms with Crippen LogP contribution in [-0.2, 0) is 16.4 Å². The molecule has 1 atom stereocenters. The van der Waals surface area contributed by atoms with Gasteiger partial charge in [-0.3, -0.25) is 14.6 Å². The molecule has 0 spiro atoms. The molecule has 2 aromatic rings. The Morgan fingerprint density at radius 3 is 2.56 bits per heavy atom. The number of carbonyl (C=O) groups excluding carboxylic acids is 2. The first-order chi connectivity index (χ1) is 12.8. The van der Waals surface area contributed by atoms with Gasteiger partial charge in [-0.2, -0.15) is 0 Å². The lowest BCUT2D eigenvalue weighted by atomic mass is 10.1. The van der Waals surface area contributed by atoms with Crippen molar-refractivity contribution in [3.63, 3.8) is 0 Å². The van der Waals surface area contributed by atoms with Crippen LogP contribution in [0.4, 0.5) is 0 Å². The second-order valence-corrected chi connectivity index (χ2v) is 8.90. The van der Waals surface area contributed by atoms with Crippen LogP contribution < -0.4 is 10.6 Å². The van der Waals surface area contributed by atoms with Crippen molar-refractivity contribution in [3.8, 4) is 0 Å². The SMILES string of the molecule is Cc1ccc(CNC(=O)c2cc(C(=O)NC3CCS(=O)(=O)C3)ccn2)cc1. The zero-order valence-electron chi connectivity index (χ0n) is 14.9. The standard InChI is InChI=1S/C19H21N3O4S/c1-13-2-4-14(5-3-13)11-21-19(24)17-10-15(6-8-20-17)18(23)22-16-7-9-27(25,26)12-16/h2-6,8,10,16H,7,9,11-12H2,1H3,(H,21,24)(H,22,23). The van der Waals surface area contributed by atoms with E-state index in [1.54, 1.807) is 0 Å². The lowest BCUT2D eigenvalue weighted by Gasteiger charge is -2.11. The number of hydrogen-bond donors (Lipinski definition) is 2. The minimum absolute atomic E-state index is 0.0479. The monoisotopic (exact) mass is 387 g/mol. The summed E-state index contributed by atoms with van der Waals surface area (Å²) < 4.78 is 23.0. The maximum Gasteiger partial charge on any atom is 0.270 e. The van der Waals surface area contributed by atoms with Crippen LogP contribution in [0.25, 0.3) is 0 Å². The highest BCUT2D eigenvalue weighted by Gasteiger charge is 2.29. The predicted molar refractivity (Wildman–Crippen MR) is 101 cm³/mol. The van der Waals surface area contributed by atoms with Crippen molar-refractivity contribution in [2.45, 2.75) is 25.9 Å². The molecule has 27 heavy (non-hydrogen) atoms. The topological polar surface area (TPSA) is 105 Å². The summed E-state index contributed by atoms with van der Waals surface area (Å²) in [7, 11) is -3.07. The van der Waals surface area contributed by atoms with E-state index in [4.69, 9.17) is 0 Å². The van der Waals surface area contributed by atoms with Crippen molar-refractivity contribution in [2.75, 3.05) is 11.5 Å². The van der Waals surface area contributed by atoms with E-state index in [1.807, 2.05) is 31.2 Å². The Hall–Kier alpha value is -2.74. The molecule has 142 valence electrons. The number of rotatable bonds is 5. The zero-order valence-corrected chi connectivity index (χ0v) is 15.8. The van der Waals surface area contributed by atoms with Crippen molar-refractivity contribution in [1.82, 2.24) is 15.6 Å². The lowest BCUT2D eigenvalue weighted by molar-refractivity contribution is 0.0941. The van der Waals surface area contributed by atoms with Gasteiger partial charge in [-0.25, -0.2) is 8.42 Å². The van der Waals surface area contributed by atoms with Gasteiger partial charge in [0.15, 0.2) is 9.84 Å². The van der Waals surface area contributed by atoms with E-state index < -0.39 is 21.8 Å². The Kier molecular flexibility index (Phi) is 5.55. The van der Waals surface area contributed by atoms with E-state index in [2.05, 4.69) is 15.6 Å². The highest BCUT2D eigenvalue weighted by molar-refractivity contribution is 7.91. The minimum atomic E-state index is -3.07. The maximum atomic E-state index is 12.3. The number of pyridine rings is 1. The van der Waals surface area contributed by atoms with Gasteiger partial charge >= 0.3 is 0 Å². The summed E-state index contributed by atoms with van der Waals surface area (Å²) in [5.41, 5.74) is 2.51. The van der Waals surface area contributed by atoms with Crippen molar-refractivity contribution < 1.29 is 18.0 Å². The molecule has 8 heteroatoms. The molecule has 2 heterocycles. The third-order valence-electron chi connectivity index (χ3n) is 4.40. The molecule has 1 saturated heterocycles. The predicted octanol–water partition coefficient (Wildman–Crippen LogP) is 1.24. The van der Waals surface area contributed by atoms with E-state index in [0.717, 1.165) is 11.1 Å². The first-order valence-electron chi connectivity index (χ1n) is 8.63. The average Bonchev–Trinajstić information content (AvgIpc) is 2.99. The number of aromatic nitrogens is 1. The van der Waals surface area contributed by atoms with E-state index in [9.17, 15) is 18.0 Å². The molecule has 1 unspecified atom stereocenters. The summed E-state index contributed by atoms with van der Waals surface area (Å²) in [6, 6.07) is 10.3. The second-order valence-electron chi connectivity index (χ2n) is 6.67. The number of carbonyl (C=O) groups is 2.